The Hall–Kier alpha value is -2.62. The zero-order valence-electron chi connectivity index (χ0n) is 16.4. The van der Waals surface area contributed by atoms with Crippen LogP contribution in [0.2, 0.25) is 0 Å². The predicted molar refractivity (Wildman–Crippen MR) is 116 cm³/mol. The standard InChI is InChI=1S/C21H21FN4O2S2/c1-2-4-15-7-9-19(10-8-15)30(27,28)23-12-11-18-14-29-21-24-20(25-26(18)21)16-5-3-6-17(22)13-16/h3,5-10,13-14,23H,2,4,11-12H2,1H3. The van der Waals surface area contributed by atoms with Crippen LogP contribution in [0.3, 0.4) is 0 Å². The molecule has 6 nitrogen and oxygen atoms in total. The van der Waals surface area contributed by atoms with Crippen molar-refractivity contribution in [3.63, 3.8) is 0 Å². The lowest BCUT2D eigenvalue weighted by atomic mass is 10.1. The van der Waals surface area contributed by atoms with Crippen molar-refractivity contribution in [1.29, 1.82) is 0 Å². The molecule has 0 aliphatic rings. The minimum Gasteiger partial charge on any atom is -0.211 e. The summed E-state index contributed by atoms with van der Waals surface area (Å²) in [6, 6.07) is 13.1. The molecule has 0 unspecified atom stereocenters. The predicted octanol–water partition coefficient (Wildman–Crippen LogP) is 4.07. The smallest absolute Gasteiger partial charge is 0.211 e. The molecule has 0 saturated carbocycles. The Labute approximate surface area is 178 Å². The molecule has 156 valence electrons. The van der Waals surface area contributed by atoms with Crippen molar-refractivity contribution in [3.8, 4) is 11.4 Å². The van der Waals surface area contributed by atoms with Crippen molar-refractivity contribution >= 4 is 26.3 Å². The molecule has 0 radical (unpaired) electrons. The fourth-order valence-electron chi connectivity index (χ4n) is 3.17. The van der Waals surface area contributed by atoms with E-state index in [9.17, 15) is 12.8 Å². The highest BCUT2D eigenvalue weighted by molar-refractivity contribution is 7.89. The Morgan fingerprint density at radius 3 is 2.67 bits per heavy atom. The first-order valence-electron chi connectivity index (χ1n) is 9.64. The molecule has 2 heterocycles. The zero-order chi connectivity index (χ0) is 21.1. The summed E-state index contributed by atoms with van der Waals surface area (Å²) in [5, 5.41) is 6.36. The van der Waals surface area contributed by atoms with Gasteiger partial charge in [-0.3, -0.25) is 0 Å². The van der Waals surface area contributed by atoms with Crippen LogP contribution >= 0.6 is 11.3 Å². The Morgan fingerprint density at radius 1 is 1.13 bits per heavy atom. The third kappa shape index (κ3) is 4.43. The Bertz CT molecular complexity index is 1260. The molecule has 2 aromatic heterocycles. The van der Waals surface area contributed by atoms with Gasteiger partial charge >= 0.3 is 0 Å². The normalized spacial score (nSPS) is 11.9. The fraction of sp³-hybridized carbons (Fsp3) is 0.238. The summed E-state index contributed by atoms with van der Waals surface area (Å²) in [6.07, 6.45) is 2.40. The number of rotatable bonds is 8. The summed E-state index contributed by atoms with van der Waals surface area (Å²) in [5.74, 6) is 0.0957. The summed E-state index contributed by atoms with van der Waals surface area (Å²) >= 11 is 1.41. The monoisotopic (exact) mass is 444 g/mol. The van der Waals surface area contributed by atoms with Crippen molar-refractivity contribution in [2.45, 2.75) is 31.1 Å². The SMILES string of the molecule is CCCc1ccc(S(=O)(=O)NCCc2csc3nc(-c4cccc(F)c4)nn23)cc1. The number of nitrogens with zero attached hydrogens (tertiary/aromatic N) is 3. The van der Waals surface area contributed by atoms with Crippen LogP contribution in [0, 0.1) is 5.82 Å². The molecule has 4 aromatic rings. The lowest BCUT2D eigenvalue weighted by Gasteiger charge is -2.07. The minimum atomic E-state index is -3.57. The lowest BCUT2D eigenvalue weighted by molar-refractivity contribution is 0.581. The number of fused-ring (bicyclic) bond motifs is 1. The van der Waals surface area contributed by atoms with Gasteiger partial charge in [0.15, 0.2) is 5.82 Å². The first-order valence-corrected chi connectivity index (χ1v) is 12.0. The van der Waals surface area contributed by atoms with E-state index in [1.807, 2.05) is 17.5 Å². The highest BCUT2D eigenvalue weighted by atomic mass is 32.2. The summed E-state index contributed by atoms with van der Waals surface area (Å²) in [4.78, 5) is 5.37. The zero-order valence-corrected chi connectivity index (χ0v) is 18.0. The maximum atomic E-state index is 13.5. The highest BCUT2D eigenvalue weighted by Gasteiger charge is 2.15. The van der Waals surface area contributed by atoms with Gasteiger partial charge in [0, 0.05) is 23.9 Å². The van der Waals surface area contributed by atoms with Crippen LogP contribution in [0.1, 0.15) is 24.6 Å². The summed E-state index contributed by atoms with van der Waals surface area (Å²) in [5.41, 5.74) is 2.56. The summed E-state index contributed by atoms with van der Waals surface area (Å²) in [7, 11) is -3.57. The number of hydrogen-bond donors (Lipinski definition) is 1. The van der Waals surface area contributed by atoms with Gasteiger partial charge in [0.1, 0.15) is 5.82 Å². The summed E-state index contributed by atoms with van der Waals surface area (Å²) in [6.45, 7) is 2.32. The largest absolute Gasteiger partial charge is 0.240 e. The average molecular weight is 445 g/mol. The van der Waals surface area contributed by atoms with Crippen molar-refractivity contribution in [2.75, 3.05) is 6.54 Å². The maximum absolute atomic E-state index is 13.5. The van der Waals surface area contributed by atoms with E-state index in [1.54, 1.807) is 28.8 Å². The molecule has 2 aromatic carbocycles. The number of benzene rings is 2. The number of halogens is 1. The molecule has 1 N–H and O–H groups in total. The molecule has 0 bridgehead atoms. The second kappa shape index (κ2) is 8.63. The molecule has 0 aliphatic carbocycles. The van der Waals surface area contributed by atoms with E-state index in [0.29, 0.717) is 22.8 Å². The summed E-state index contributed by atoms with van der Waals surface area (Å²) < 4.78 is 42.9. The van der Waals surface area contributed by atoms with E-state index in [-0.39, 0.29) is 17.3 Å². The Balaban J connectivity index is 1.44. The van der Waals surface area contributed by atoms with Gasteiger partial charge in [0.05, 0.1) is 10.6 Å². The second-order valence-electron chi connectivity index (χ2n) is 6.91. The Morgan fingerprint density at radius 2 is 1.93 bits per heavy atom. The molecule has 0 saturated heterocycles. The number of hydrogen-bond acceptors (Lipinski definition) is 5. The van der Waals surface area contributed by atoms with E-state index in [1.165, 1.54) is 23.5 Å². The number of aryl methyl sites for hydroxylation is 1. The molecule has 4 rings (SSSR count). The minimum absolute atomic E-state index is 0.236. The fourth-order valence-corrected chi connectivity index (χ4v) is 5.06. The van der Waals surface area contributed by atoms with Crippen LogP contribution in [-0.2, 0) is 22.9 Å². The number of sulfonamides is 1. The number of thiazole rings is 1. The molecule has 0 spiro atoms. The van der Waals surface area contributed by atoms with Crippen LogP contribution in [0.25, 0.3) is 16.3 Å². The van der Waals surface area contributed by atoms with Crippen molar-refractivity contribution < 1.29 is 12.8 Å². The van der Waals surface area contributed by atoms with E-state index >= 15 is 0 Å². The van der Waals surface area contributed by atoms with Crippen LogP contribution in [0.4, 0.5) is 4.39 Å². The van der Waals surface area contributed by atoms with Crippen molar-refractivity contribution in [3.05, 3.63) is 71.0 Å². The van der Waals surface area contributed by atoms with E-state index in [2.05, 4.69) is 21.7 Å². The van der Waals surface area contributed by atoms with Gasteiger partial charge in [-0.1, -0.05) is 37.6 Å². The molecule has 0 fully saturated rings. The molecule has 0 atom stereocenters. The number of nitrogens with one attached hydrogen (secondary N) is 1. The third-order valence-corrected chi connectivity index (χ3v) is 7.02. The van der Waals surface area contributed by atoms with E-state index in [4.69, 9.17) is 0 Å². The molecule has 9 heteroatoms. The number of aromatic nitrogens is 3. The molecular formula is C21H21FN4O2S2. The van der Waals surface area contributed by atoms with Gasteiger partial charge in [0.25, 0.3) is 0 Å². The third-order valence-electron chi connectivity index (χ3n) is 4.68. The van der Waals surface area contributed by atoms with Crippen molar-refractivity contribution in [1.82, 2.24) is 19.3 Å². The average Bonchev–Trinajstić information content (AvgIpc) is 3.30. The van der Waals surface area contributed by atoms with E-state index < -0.39 is 10.0 Å². The van der Waals surface area contributed by atoms with Gasteiger partial charge in [0.2, 0.25) is 15.0 Å². The van der Waals surface area contributed by atoms with E-state index in [0.717, 1.165) is 24.1 Å². The second-order valence-corrected chi connectivity index (χ2v) is 9.51. The maximum Gasteiger partial charge on any atom is 0.240 e. The topological polar surface area (TPSA) is 76.4 Å². The quantitative estimate of drug-likeness (QED) is 0.444. The molecule has 0 amide bonds. The van der Waals surface area contributed by atoms with Gasteiger partial charge in [-0.25, -0.2) is 22.0 Å². The van der Waals surface area contributed by atoms with Crippen molar-refractivity contribution in [2.24, 2.45) is 0 Å². The first kappa shape index (κ1) is 20.6. The van der Waals surface area contributed by atoms with Crippen LogP contribution in [0.5, 0.6) is 0 Å². The molecule has 30 heavy (non-hydrogen) atoms. The molecular weight excluding hydrogens is 423 g/mol. The Kier molecular flexibility index (Phi) is 5.94. The van der Waals surface area contributed by atoms with Crippen LogP contribution in [-0.4, -0.2) is 29.6 Å². The molecule has 0 aliphatic heterocycles. The van der Waals surface area contributed by atoms with Gasteiger partial charge in [-0.15, -0.1) is 16.4 Å². The lowest BCUT2D eigenvalue weighted by Crippen LogP contribution is -2.26. The van der Waals surface area contributed by atoms with Gasteiger partial charge < -0.3 is 0 Å². The van der Waals surface area contributed by atoms with Crippen LogP contribution < -0.4 is 4.72 Å². The van der Waals surface area contributed by atoms with Crippen LogP contribution in [0.15, 0.2) is 58.8 Å². The van der Waals surface area contributed by atoms with Gasteiger partial charge in [-0.2, -0.15) is 4.98 Å². The first-order chi connectivity index (χ1) is 14.5. The van der Waals surface area contributed by atoms with Gasteiger partial charge in [-0.05, 0) is 36.2 Å². The highest BCUT2D eigenvalue weighted by Crippen LogP contribution is 2.21.